The molecule has 0 unspecified atom stereocenters. The van der Waals surface area contributed by atoms with Gasteiger partial charge < -0.3 is 9.84 Å². The third-order valence-corrected chi connectivity index (χ3v) is 4.22. The third-order valence-electron chi connectivity index (χ3n) is 3.35. The summed E-state index contributed by atoms with van der Waals surface area (Å²) < 4.78 is 43.4. The lowest BCUT2D eigenvalue weighted by atomic mass is 10.1. The Kier molecular flexibility index (Phi) is 4.58. The van der Waals surface area contributed by atoms with Crippen molar-refractivity contribution in [2.45, 2.75) is 19.1 Å². The molecule has 0 bridgehead atoms. The van der Waals surface area contributed by atoms with Crippen LogP contribution >= 0.6 is 11.3 Å². The van der Waals surface area contributed by atoms with Crippen LogP contribution in [0, 0.1) is 0 Å². The molecule has 0 spiro atoms. The van der Waals surface area contributed by atoms with Gasteiger partial charge in [0.05, 0.1) is 10.4 Å². The molecule has 25 heavy (non-hydrogen) atoms. The summed E-state index contributed by atoms with van der Waals surface area (Å²) in [6, 6.07) is 7.49. The Balaban J connectivity index is 1.77. The number of amides is 1. The van der Waals surface area contributed by atoms with E-state index < -0.39 is 17.8 Å². The van der Waals surface area contributed by atoms with Crippen LogP contribution in [0.25, 0.3) is 11.4 Å². The van der Waals surface area contributed by atoms with Gasteiger partial charge in [-0.1, -0.05) is 23.4 Å². The number of carbonyl (C=O) groups is 1. The number of aromatic nitrogens is 2. The summed E-state index contributed by atoms with van der Waals surface area (Å²) in [7, 11) is 0. The molecule has 0 saturated carbocycles. The van der Waals surface area contributed by atoms with Crippen molar-refractivity contribution in [2.75, 3.05) is 0 Å². The van der Waals surface area contributed by atoms with Gasteiger partial charge in [0.15, 0.2) is 0 Å². The number of nitrogens with one attached hydrogen (secondary N) is 1. The first-order chi connectivity index (χ1) is 11.8. The maximum atomic E-state index is 12.8. The standard InChI is InChI=1S/C16H12F3N3O2S/c1-9(20-14(23)12-6-3-7-25-12)15-21-13(22-24-15)10-4-2-5-11(8-10)16(17,18)19/h2-9H,1H3,(H,20,23)/t9-/m0/s1. The summed E-state index contributed by atoms with van der Waals surface area (Å²) >= 11 is 1.29. The zero-order valence-corrected chi connectivity index (χ0v) is 13.7. The predicted molar refractivity (Wildman–Crippen MR) is 84.9 cm³/mol. The van der Waals surface area contributed by atoms with Crippen molar-refractivity contribution in [2.24, 2.45) is 0 Å². The molecule has 3 rings (SSSR count). The molecular formula is C16H12F3N3O2S. The highest BCUT2D eigenvalue weighted by Gasteiger charge is 2.31. The first kappa shape index (κ1) is 17.2. The lowest BCUT2D eigenvalue weighted by molar-refractivity contribution is -0.137. The van der Waals surface area contributed by atoms with Gasteiger partial charge >= 0.3 is 6.18 Å². The minimum Gasteiger partial charge on any atom is -0.340 e. The second-order valence-corrected chi connectivity index (χ2v) is 6.15. The van der Waals surface area contributed by atoms with Gasteiger partial charge in [-0.15, -0.1) is 11.3 Å². The van der Waals surface area contributed by atoms with Crippen LogP contribution in [0.3, 0.4) is 0 Å². The summed E-state index contributed by atoms with van der Waals surface area (Å²) in [5.74, 6) is -0.156. The molecule has 0 saturated heterocycles. The number of nitrogens with zero attached hydrogens (tertiary/aromatic N) is 2. The lowest BCUT2D eigenvalue weighted by Crippen LogP contribution is -2.26. The average Bonchev–Trinajstić information content (AvgIpc) is 3.26. The quantitative estimate of drug-likeness (QED) is 0.746. The summed E-state index contributed by atoms with van der Waals surface area (Å²) in [6.07, 6.45) is -4.45. The van der Waals surface area contributed by atoms with E-state index in [0.717, 1.165) is 12.1 Å². The van der Waals surface area contributed by atoms with Gasteiger partial charge in [0.1, 0.15) is 6.04 Å². The van der Waals surface area contributed by atoms with E-state index in [0.29, 0.717) is 4.88 Å². The van der Waals surface area contributed by atoms with E-state index in [-0.39, 0.29) is 23.2 Å². The van der Waals surface area contributed by atoms with Crippen molar-refractivity contribution >= 4 is 17.2 Å². The number of carbonyl (C=O) groups excluding carboxylic acids is 1. The van der Waals surface area contributed by atoms with Crippen LogP contribution in [0.1, 0.15) is 34.1 Å². The Morgan fingerprint density at radius 3 is 2.76 bits per heavy atom. The maximum absolute atomic E-state index is 12.8. The molecule has 0 aliphatic carbocycles. The summed E-state index contributed by atoms with van der Waals surface area (Å²) in [6.45, 7) is 1.65. The highest BCUT2D eigenvalue weighted by Crippen LogP contribution is 2.31. The molecule has 5 nitrogen and oxygen atoms in total. The molecule has 1 atom stereocenters. The number of hydrogen-bond donors (Lipinski definition) is 1. The number of rotatable bonds is 4. The van der Waals surface area contributed by atoms with E-state index in [1.807, 2.05) is 0 Å². The fraction of sp³-hybridized carbons (Fsp3) is 0.188. The molecular weight excluding hydrogens is 355 g/mol. The first-order valence-corrected chi connectivity index (χ1v) is 8.08. The normalized spacial score (nSPS) is 12.8. The second-order valence-electron chi connectivity index (χ2n) is 5.21. The predicted octanol–water partition coefficient (Wildman–Crippen LogP) is 4.31. The number of benzene rings is 1. The van der Waals surface area contributed by atoms with Gasteiger partial charge in [-0.25, -0.2) is 0 Å². The number of thiophene rings is 1. The van der Waals surface area contributed by atoms with Crippen LogP contribution in [0.5, 0.6) is 0 Å². The lowest BCUT2D eigenvalue weighted by Gasteiger charge is -2.08. The number of alkyl halides is 3. The molecule has 0 radical (unpaired) electrons. The minimum atomic E-state index is -4.45. The fourth-order valence-electron chi connectivity index (χ4n) is 2.10. The van der Waals surface area contributed by atoms with Crippen molar-refractivity contribution in [3.05, 3.63) is 58.1 Å². The summed E-state index contributed by atoms with van der Waals surface area (Å²) in [5, 5.41) is 8.17. The monoisotopic (exact) mass is 367 g/mol. The Labute approximate surface area is 144 Å². The van der Waals surface area contributed by atoms with Crippen LogP contribution in [-0.4, -0.2) is 16.0 Å². The van der Waals surface area contributed by atoms with Gasteiger partial charge in [-0.05, 0) is 30.5 Å². The van der Waals surface area contributed by atoms with Crippen LogP contribution in [-0.2, 0) is 6.18 Å². The van der Waals surface area contributed by atoms with E-state index in [2.05, 4.69) is 15.5 Å². The van der Waals surface area contributed by atoms with Gasteiger partial charge in [-0.2, -0.15) is 18.2 Å². The molecule has 2 aromatic heterocycles. The van der Waals surface area contributed by atoms with Gasteiger partial charge in [-0.3, -0.25) is 4.79 Å². The van der Waals surface area contributed by atoms with E-state index in [9.17, 15) is 18.0 Å². The largest absolute Gasteiger partial charge is 0.416 e. The van der Waals surface area contributed by atoms with Gasteiger partial charge in [0.25, 0.3) is 5.91 Å². The van der Waals surface area contributed by atoms with E-state index in [4.69, 9.17) is 4.52 Å². The minimum absolute atomic E-state index is 0.0262. The second kappa shape index (κ2) is 6.67. The Morgan fingerprint density at radius 1 is 1.28 bits per heavy atom. The maximum Gasteiger partial charge on any atom is 0.416 e. The zero-order chi connectivity index (χ0) is 18.0. The van der Waals surface area contributed by atoms with Crippen molar-refractivity contribution < 1.29 is 22.5 Å². The molecule has 9 heteroatoms. The van der Waals surface area contributed by atoms with E-state index in [1.54, 1.807) is 24.4 Å². The molecule has 1 N–H and O–H groups in total. The van der Waals surface area contributed by atoms with Crippen LogP contribution in [0.4, 0.5) is 13.2 Å². The van der Waals surface area contributed by atoms with Crippen molar-refractivity contribution in [1.29, 1.82) is 0 Å². The van der Waals surface area contributed by atoms with Crippen molar-refractivity contribution in [3.8, 4) is 11.4 Å². The Hall–Kier alpha value is -2.68. The molecule has 1 amide bonds. The average molecular weight is 367 g/mol. The zero-order valence-electron chi connectivity index (χ0n) is 12.9. The Bertz CT molecular complexity index is 875. The van der Waals surface area contributed by atoms with Gasteiger partial charge in [0, 0.05) is 5.56 Å². The highest BCUT2D eigenvalue weighted by molar-refractivity contribution is 7.12. The van der Waals surface area contributed by atoms with Crippen molar-refractivity contribution in [1.82, 2.24) is 15.5 Å². The highest BCUT2D eigenvalue weighted by atomic mass is 32.1. The van der Waals surface area contributed by atoms with E-state index in [1.165, 1.54) is 23.5 Å². The van der Waals surface area contributed by atoms with Crippen LogP contribution in [0.15, 0.2) is 46.3 Å². The summed E-state index contributed by atoms with van der Waals surface area (Å²) in [4.78, 5) is 16.6. The van der Waals surface area contributed by atoms with Crippen LogP contribution < -0.4 is 5.32 Å². The SMILES string of the molecule is C[C@H](NC(=O)c1cccs1)c1nc(-c2cccc(C(F)(F)F)c2)no1. The van der Waals surface area contributed by atoms with E-state index >= 15 is 0 Å². The smallest absolute Gasteiger partial charge is 0.340 e. The molecule has 130 valence electrons. The summed E-state index contributed by atoms with van der Waals surface area (Å²) in [5.41, 5.74) is -0.614. The molecule has 1 aromatic carbocycles. The van der Waals surface area contributed by atoms with Crippen LogP contribution in [0.2, 0.25) is 0 Å². The van der Waals surface area contributed by atoms with Gasteiger partial charge in [0.2, 0.25) is 11.7 Å². The fourth-order valence-corrected chi connectivity index (χ4v) is 2.73. The van der Waals surface area contributed by atoms with Crippen molar-refractivity contribution in [3.63, 3.8) is 0 Å². The topological polar surface area (TPSA) is 68.0 Å². The first-order valence-electron chi connectivity index (χ1n) is 7.20. The molecule has 3 aromatic rings. The third kappa shape index (κ3) is 3.87. The number of halogens is 3. The molecule has 0 aliphatic heterocycles. The number of hydrogen-bond acceptors (Lipinski definition) is 5. The Morgan fingerprint density at radius 2 is 2.08 bits per heavy atom. The molecule has 2 heterocycles. The molecule has 0 aliphatic rings. The molecule has 0 fully saturated rings.